The fraction of sp³-hybridized carbons (Fsp3) is 0.333. The van der Waals surface area contributed by atoms with Gasteiger partial charge in [0.1, 0.15) is 0 Å². The summed E-state index contributed by atoms with van der Waals surface area (Å²) in [5.41, 5.74) is 3.83. The number of nitrogens with zero attached hydrogens (tertiary/aromatic N) is 2. The lowest BCUT2D eigenvalue weighted by Crippen LogP contribution is -2.23. The lowest BCUT2D eigenvalue weighted by atomic mass is 10.1. The number of hydrogen-bond acceptors (Lipinski definition) is 5. The summed E-state index contributed by atoms with van der Waals surface area (Å²) in [6, 6.07) is 8.38. The molecule has 1 atom stereocenters. The summed E-state index contributed by atoms with van der Waals surface area (Å²) in [5.74, 6) is -0.357. The van der Waals surface area contributed by atoms with Gasteiger partial charge in [-0.1, -0.05) is 23.7 Å². The molecular weight excluding hydrogens is 354 g/mol. The van der Waals surface area contributed by atoms with Crippen molar-refractivity contribution < 1.29 is 18.0 Å². The normalized spacial score (nSPS) is 19.3. The molecule has 128 valence electrons. The Labute approximate surface area is 144 Å². The minimum absolute atomic E-state index is 0.0145. The molecule has 24 heavy (non-hydrogen) atoms. The molecule has 0 radical (unpaired) electrons. The van der Waals surface area contributed by atoms with Gasteiger partial charge in [0, 0.05) is 5.02 Å². The first-order valence-corrected chi connectivity index (χ1v) is 9.49. The van der Waals surface area contributed by atoms with Crippen LogP contribution in [0.5, 0.6) is 0 Å². The number of aromatic nitrogens is 2. The third-order valence-corrected chi connectivity index (χ3v) is 5.86. The maximum absolute atomic E-state index is 12.0. The Kier molecular flexibility index (Phi) is 4.62. The molecule has 1 aliphatic heterocycles. The van der Waals surface area contributed by atoms with E-state index >= 15 is 0 Å². The first-order chi connectivity index (χ1) is 11.4. The van der Waals surface area contributed by atoms with Crippen molar-refractivity contribution >= 4 is 27.3 Å². The van der Waals surface area contributed by atoms with Gasteiger partial charge in [-0.25, -0.2) is 13.9 Å². The molecule has 1 fully saturated rings. The van der Waals surface area contributed by atoms with Gasteiger partial charge in [-0.2, -0.15) is 5.10 Å². The van der Waals surface area contributed by atoms with Crippen LogP contribution in [-0.4, -0.2) is 42.7 Å². The van der Waals surface area contributed by atoms with Crippen LogP contribution >= 0.6 is 11.6 Å². The maximum atomic E-state index is 12.0. The highest BCUT2D eigenvalue weighted by molar-refractivity contribution is 7.91. The van der Waals surface area contributed by atoms with Gasteiger partial charge in [0.05, 0.1) is 30.4 Å². The first-order valence-electron chi connectivity index (χ1n) is 7.29. The number of nitrogens with one attached hydrogen (secondary N) is 1. The molecule has 1 amide bonds. The van der Waals surface area contributed by atoms with Crippen molar-refractivity contribution in [3.8, 4) is 11.3 Å². The van der Waals surface area contributed by atoms with Gasteiger partial charge in [0.15, 0.2) is 15.5 Å². The van der Waals surface area contributed by atoms with Crippen LogP contribution in [0.4, 0.5) is 0 Å². The van der Waals surface area contributed by atoms with Crippen molar-refractivity contribution in [2.45, 2.75) is 12.5 Å². The second-order valence-corrected chi connectivity index (χ2v) is 8.22. The lowest BCUT2D eigenvalue weighted by Gasteiger charge is -2.13. The fourth-order valence-corrected chi connectivity index (χ4v) is 4.55. The van der Waals surface area contributed by atoms with Crippen LogP contribution in [0.3, 0.4) is 0 Å². The van der Waals surface area contributed by atoms with Crippen LogP contribution in [-0.2, 0) is 14.7 Å². The maximum Gasteiger partial charge on any atom is 0.295 e. The number of amides is 1. The van der Waals surface area contributed by atoms with Crippen LogP contribution < -0.4 is 5.48 Å². The van der Waals surface area contributed by atoms with Crippen LogP contribution in [0.25, 0.3) is 11.3 Å². The molecule has 1 saturated heterocycles. The highest BCUT2D eigenvalue weighted by atomic mass is 35.5. The van der Waals surface area contributed by atoms with Gasteiger partial charge in [-0.05, 0) is 30.2 Å². The van der Waals surface area contributed by atoms with E-state index in [9.17, 15) is 13.2 Å². The van der Waals surface area contributed by atoms with E-state index in [0.717, 1.165) is 5.56 Å². The molecule has 2 heterocycles. The number of benzene rings is 1. The molecule has 0 saturated carbocycles. The monoisotopic (exact) mass is 369 g/mol. The Hall–Kier alpha value is -1.90. The molecular formula is C15H16ClN3O4S. The van der Waals surface area contributed by atoms with Crippen LogP contribution in [0.1, 0.15) is 23.0 Å². The Morgan fingerprint density at radius 3 is 2.67 bits per heavy atom. The van der Waals surface area contributed by atoms with Gasteiger partial charge in [0.25, 0.3) is 5.91 Å². The smallest absolute Gasteiger partial charge is 0.277 e. The molecule has 1 aromatic heterocycles. The van der Waals surface area contributed by atoms with E-state index in [1.54, 1.807) is 35.0 Å². The summed E-state index contributed by atoms with van der Waals surface area (Å²) in [4.78, 5) is 16.6. The average molecular weight is 370 g/mol. The number of carbonyl (C=O) groups is 1. The number of hydrogen-bond donors (Lipinski definition) is 1. The Balaban J connectivity index is 2.05. The SMILES string of the molecule is CONC(=O)c1cc(-c2ccc(Cl)cc2)n(C2CCS(=O)(=O)C2)n1. The molecule has 3 rings (SSSR count). The number of halogens is 1. The van der Waals surface area contributed by atoms with Crippen molar-refractivity contribution in [2.24, 2.45) is 0 Å². The van der Waals surface area contributed by atoms with Gasteiger partial charge >= 0.3 is 0 Å². The van der Waals surface area contributed by atoms with Crippen molar-refractivity contribution in [3.63, 3.8) is 0 Å². The molecule has 1 aliphatic rings. The summed E-state index contributed by atoms with van der Waals surface area (Å²) in [5, 5.41) is 4.89. The lowest BCUT2D eigenvalue weighted by molar-refractivity contribution is 0.0531. The summed E-state index contributed by atoms with van der Waals surface area (Å²) < 4.78 is 25.2. The molecule has 0 aliphatic carbocycles. The van der Waals surface area contributed by atoms with Gasteiger partial charge in [-0.3, -0.25) is 14.3 Å². The van der Waals surface area contributed by atoms with Crippen molar-refractivity contribution in [1.82, 2.24) is 15.3 Å². The van der Waals surface area contributed by atoms with E-state index < -0.39 is 15.7 Å². The number of rotatable bonds is 4. The van der Waals surface area contributed by atoms with Gasteiger partial charge < -0.3 is 0 Å². The third kappa shape index (κ3) is 3.45. The summed E-state index contributed by atoms with van der Waals surface area (Å²) >= 11 is 5.92. The molecule has 1 unspecified atom stereocenters. The van der Waals surface area contributed by atoms with E-state index in [4.69, 9.17) is 11.6 Å². The molecule has 0 bridgehead atoms. The largest absolute Gasteiger partial charge is 0.295 e. The summed E-state index contributed by atoms with van der Waals surface area (Å²) in [7, 11) is -1.75. The number of sulfone groups is 1. The predicted octanol–water partition coefficient (Wildman–Crippen LogP) is 1.85. The van der Waals surface area contributed by atoms with E-state index in [1.807, 2.05) is 0 Å². The van der Waals surface area contributed by atoms with E-state index in [-0.39, 0.29) is 23.2 Å². The molecule has 7 nitrogen and oxygen atoms in total. The van der Waals surface area contributed by atoms with Crippen molar-refractivity contribution in [3.05, 3.63) is 41.0 Å². The van der Waals surface area contributed by atoms with Gasteiger partial charge in [0.2, 0.25) is 0 Å². The molecule has 0 spiro atoms. The van der Waals surface area contributed by atoms with E-state index in [0.29, 0.717) is 17.1 Å². The summed E-state index contributed by atoms with van der Waals surface area (Å²) in [6.45, 7) is 0. The molecule has 2 aromatic rings. The number of carbonyl (C=O) groups excluding carboxylic acids is 1. The van der Waals surface area contributed by atoms with Gasteiger partial charge in [-0.15, -0.1) is 0 Å². The van der Waals surface area contributed by atoms with Crippen molar-refractivity contribution in [2.75, 3.05) is 18.6 Å². The highest BCUT2D eigenvalue weighted by Gasteiger charge is 2.32. The second kappa shape index (κ2) is 6.54. The topological polar surface area (TPSA) is 90.3 Å². The number of hydroxylamine groups is 1. The average Bonchev–Trinajstić information content (AvgIpc) is 3.12. The Morgan fingerprint density at radius 1 is 1.38 bits per heavy atom. The minimum Gasteiger partial charge on any atom is -0.277 e. The zero-order valence-electron chi connectivity index (χ0n) is 12.9. The fourth-order valence-electron chi connectivity index (χ4n) is 2.73. The zero-order chi connectivity index (χ0) is 17.3. The predicted molar refractivity (Wildman–Crippen MR) is 89.5 cm³/mol. The second-order valence-electron chi connectivity index (χ2n) is 5.56. The molecule has 1 aromatic carbocycles. The van der Waals surface area contributed by atoms with Crippen LogP contribution in [0, 0.1) is 0 Å². The Bertz CT molecular complexity index is 861. The standard InChI is InChI=1S/C15H16ClN3O4S/c1-23-18-15(20)13-8-14(10-2-4-11(16)5-3-10)19(17-13)12-6-7-24(21,22)9-12/h2-5,8,12H,6-7,9H2,1H3,(H,18,20). The first kappa shape index (κ1) is 16.9. The van der Waals surface area contributed by atoms with E-state index in [2.05, 4.69) is 15.4 Å². The van der Waals surface area contributed by atoms with Crippen LogP contribution in [0.2, 0.25) is 5.02 Å². The molecule has 9 heteroatoms. The quantitative estimate of drug-likeness (QED) is 0.830. The van der Waals surface area contributed by atoms with E-state index in [1.165, 1.54) is 7.11 Å². The molecule has 1 N–H and O–H groups in total. The Morgan fingerprint density at radius 2 is 2.08 bits per heavy atom. The van der Waals surface area contributed by atoms with Crippen LogP contribution in [0.15, 0.2) is 30.3 Å². The summed E-state index contributed by atoms with van der Waals surface area (Å²) in [6.07, 6.45) is 0.468. The zero-order valence-corrected chi connectivity index (χ0v) is 14.5. The minimum atomic E-state index is -3.08. The third-order valence-electron chi connectivity index (χ3n) is 3.86. The van der Waals surface area contributed by atoms with Crippen molar-refractivity contribution in [1.29, 1.82) is 0 Å². The highest BCUT2D eigenvalue weighted by Crippen LogP contribution is 2.30.